The molecule has 25 heavy (non-hydrogen) atoms. The number of hydrogen-bond acceptors (Lipinski definition) is 2. The molecule has 0 aliphatic carbocycles. The van der Waals surface area contributed by atoms with E-state index >= 15 is 0 Å². The fourth-order valence-electron chi connectivity index (χ4n) is 2.49. The van der Waals surface area contributed by atoms with Crippen LogP contribution in [0.2, 0.25) is 10.0 Å². The number of aromatic hydroxyl groups is 1. The standard InChI is InChI=1S/C20H15Cl2NO2/c21-15-7-9-19(24)17(11-15)20(25)23-12-13-6-8-18(22)16(10-13)14-4-2-1-3-5-14/h1-11,24H,12H2,(H,23,25). The van der Waals surface area contributed by atoms with Crippen LogP contribution in [0.5, 0.6) is 5.75 Å². The number of hydrogen-bond donors (Lipinski definition) is 2. The highest BCUT2D eigenvalue weighted by atomic mass is 35.5. The molecule has 3 nitrogen and oxygen atoms in total. The number of phenolic OH excluding ortho intramolecular Hbond substituents is 1. The Morgan fingerprint density at radius 1 is 0.960 bits per heavy atom. The first-order chi connectivity index (χ1) is 12.0. The summed E-state index contributed by atoms with van der Waals surface area (Å²) < 4.78 is 0. The highest BCUT2D eigenvalue weighted by Gasteiger charge is 2.12. The summed E-state index contributed by atoms with van der Waals surface area (Å²) in [7, 11) is 0. The Kier molecular flexibility index (Phi) is 5.27. The van der Waals surface area contributed by atoms with E-state index in [9.17, 15) is 9.90 Å². The summed E-state index contributed by atoms with van der Waals surface area (Å²) in [6, 6.07) is 19.8. The second-order valence-electron chi connectivity index (χ2n) is 5.52. The van der Waals surface area contributed by atoms with Gasteiger partial charge in [0.1, 0.15) is 5.75 Å². The zero-order chi connectivity index (χ0) is 17.8. The molecule has 3 aromatic carbocycles. The van der Waals surface area contributed by atoms with Crippen molar-refractivity contribution in [2.75, 3.05) is 0 Å². The highest BCUT2D eigenvalue weighted by molar-refractivity contribution is 6.33. The van der Waals surface area contributed by atoms with E-state index in [0.717, 1.165) is 16.7 Å². The molecule has 0 radical (unpaired) electrons. The maximum Gasteiger partial charge on any atom is 0.255 e. The number of carbonyl (C=O) groups excluding carboxylic acids is 1. The minimum Gasteiger partial charge on any atom is -0.507 e. The van der Waals surface area contributed by atoms with Gasteiger partial charge in [0.2, 0.25) is 0 Å². The smallest absolute Gasteiger partial charge is 0.255 e. The van der Waals surface area contributed by atoms with Crippen LogP contribution in [-0.4, -0.2) is 11.0 Å². The van der Waals surface area contributed by atoms with Gasteiger partial charge in [0.25, 0.3) is 5.91 Å². The monoisotopic (exact) mass is 371 g/mol. The van der Waals surface area contributed by atoms with Gasteiger partial charge in [-0.25, -0.2) is 0 Å². The fraction of sp³-hybridized carbons (Fsp3) is 0.0500. The molecule has 0 aliphatic rings. The molecule has 0 aromatic heterocycles. The molecule has 2 N–H and O–H groups in total. The Labute approximate surface area is 155 Å². The summed E-state index contributed by atoms with van der Waals surface area (Å²) in [4.78, 5) is 12.3. The van der Waals surface area contributed by atoms with Crippen LogP contribution in [-0.2, 0) is 6.54 Å². The number of rotatable bonds is 4. The summed E-state index contributed by atoms with van der Waals surface area (Å²) in [6.45, 7) is 0.307. The van der Waals surface area contributed by atoms with Crippen molar-refractivity contribution in [3.8, 4) is 16.9 Å². The van der Waals surface area contributed by atoms with Crippen molar-refractivity contribution in [3.05, 3.63) is 87.9 Å². The summed E-state index contributed by atoms with van der Waals surface area (Å²) in [5.41, 5.74) is 2.95. The lowest BCUT2D eigenvalue weighted by molar-refractivity contribution is 0.0948. The Morgan fingerprint density at radius 3 is 2.48 bits per heavy atom. The molecule has 126 valence electrons. The molecule has 0 saturated heterocycles. The van der Waals surface area contributed by atoms with Crippen molar-refractivity contribution < 1.29 is 9.90 Å². The van der Waals surface area contributed by atoms with Gasteiger partial charge in [-0.1, -0.05) is 59.6 Å². The maximum absolute atomic E-state index is 12.3. The molecule has 0 saturated carbocycles. The Morgan fingerprint density at radius 2 is 1.72 bits per heavy atom. The second kappa shape index (κ2) is 7.60. The molecule has 0 spiro atoms. The van der Waals surface area contributed by atoms with Crippen molar-refractivity contribution in [1.82, 2.24) is 5.32 Å². The van der Waals surface area contributed by atoms with E-state index in [4.69, 9.17) is 23.2 Å². The Bertz CT molecular complexity index is 911. The minimum atomic E-state index is -0.392. The van der Waals surface area contributed by atoms with Gasteiger partial charge in [-0.05, 0) is 41.5 Å². The number of halogens is 2. The molecule has 0 fully saturated rings. The summed E-state index contributed by atoms with van der Waals surface area (Å²) in [5.74, 6) is -0.501. The summed E-state index contributed by atoms with van der Waals surface area (Å²) in [6.07, 6.45) is 0. The van der Waals surface area contributed by atoms with Crippen LogP contribution in [0.15, 0.2) is 66.7 Å². The van der Waals surface area contributed by atoms with Crippen LogP contribution in [0.1, 0.15) is 15.9 Å². The van der Waals surface area contributed by atoms with Crippen molar-refractivity contribution >= 4 is 29.1 Å². The fourth-order valence-corrected chi connectivity index (χ4v) is 2.89. The van der Waals surface area contributed by atoms with Crippen molar-refractivity contribution in [2.45, 2.75) is 6.54 Å². The van der Waals surface area contributed by atoms with E-state index in [1.165, 1.54) is 18.2 Å². The average molecular weight is 372 g/mol. The Balaban J connectivity index is 1.78. The molecule has 0 heterocycles. The number of carbonyl (C=O) groups is 1. The normalized spacial score (nSPS) is 10.5. The number of nitrogens with one attached hydrogen (secondary N) is 1. The van der Waals surface area contributed by atoms with Gasteiger partial charge in [0.05, 0.1) is 5.56 Å². The van der Waals surface area contributed by atoms with E-state index in [-0.39, 0.29) is 11.3 Å². The zero-order valence-electron chi connectivity index (χ0n) is 13.2. The number of phenols is 1. The number of amides is 1. The zero-order valence-corrected chi connectivity index (χ0v) is 14.7. The molecule has 3 rings (SSSR count). The highest BCUT2D eigenvalue weighted by Crippen LogP contribution is 2.29. The van der Waals surface area contributed by atoms with E-state index in [0.29, 0.717) is 16.6 Å². The third-order valence-electron chi connectivity index (χ3n) is 3.77. The minimum absolute atomic E-state index is 0.108. The molecule has 0 bridgehead atoms. The quantitative estimate of drug-likeness (QED) is 0.653. The van der Waals surface area contributed by atoms with Gasteiger partial charge in [-0.2, -0.15) is 0 Å². The van der Waals surface area contributed by atoms with Gasteiger partial charge in [0, 0.05) is 22.2 Å². The maximum atomic E-state index is 12.3. The van der Waals surface area contributed by atoms with Crippen LogP contribution in [0, 0.1) is 0 Å². The SMILES string of the molecule is O=C(NCc1ccc(Cl)c(-c2ccccc2)c1)c1cc(Cl)ccc1O. The predicted octanol–water partition coefficient (Wildman–Crippen LogP) is 5.30. The molecule has 0 aliphatic heterocycles. The van der Waals surface area contributed by atoms with E-state index < -0.39 is 5.91 Å². The molecule has 0 atom stereocenters. The molecule has 5 heteroatoms. The van der Waals surface area contributed by atoms with E-state index in [1.807, 2.05) is 48.5 Å². The third-order valence-corrected chi connectivity index (χ3v) is 4.34. The van der Waals surface area contributed by atoms with E-state index in [2.05, 4.69) is 5.32 Å². The van der Waals surface area contributed by atoms with Gasteiger partial charge in [-0.15, -0.1) is 0 Å². The van der Waals surface area contributed by atoms with Crippen molar-refractivity contribution in [1.29, 1.82) is 0 Å². The van der Waals surface area contributed by atoms with Gasteiger partial charge < -0.3 is 10.4 Å². The van der Waals surface area contributed by atoms with E-state index in [1.54, 1.807) is 0 Å². The molecular formula is C20H15Cl2NO2. The van der Waals surface area contributed by atoms with Crippen molar-refractivity contribution in [2.24, 2.45) is 0 Å². The Hall–Kier alpha value is -2.49. The summed E-state index contributed by atoms with van der Waals surface area (Å²) >= 11 is 12.2. The van der Waals surface area contributed by atoms with Crippen LogP contribution in [0.25, 0.3) is 11.1 Å². The van der Waals surface area contributed by atoms with Crippen molar-refractivity contribution in [3.63, 3.8) is 0 Å². The van der Waals surface area contributed by atoms with Gasteiger partial charge in [-0.3, -0.25) is 4.79 Å². The number of benzene rings is 3. The van der Waals surface area contributed by atoms with Crippen LogP contribution in [0.3, 0.4) is 0 Å². The first-order valence-electron chi connectivity index (χ1n) is 7.65. The van der Waals surface area contributed by atoms with Gasteiger partial charge in [0.15, 0.2) is 0 Å². The molecular weight excluding hydrogens is 357 g/mol. The lowest BCUT2D eigenvalue weighted by atomic mass is 10.0. The van der Waals surface area contributed by atoms with Crippen LogP contribution < -0.4 is 5.32 Å². The molecule has 1 amide bonds. The molecule has 3 aromatic rings. The largest absolute Gasteiger partial charge is 0.507 e. The average Bonchev–Trinajstić information content (AvgIpc) is 2.63. The first kappa shape index (κ1) is 17.3. The summed E-state index contributed by atoms with van der Waals surface area (Å²) in [5, 5.41) is 13.6. The second-order valence-corrected chi connectivity index (χ2v) is 6.37. The van der Waals surface area contributed by atoms with Crippen LogP contribution in [0.4, 0.5) is 0 Å². The third kappa shape index (κ3) is 4.13. The predicted molar refractivity (Wildman–Crippen MR) is 101 cm³/mol. The van der Waals surface area contributed by atoms with Gasteiger partial charge >= 0.3 is 0 Å². The topological polar surface area (TPSA) is 49.3 Å². The van der Waals surface area contributed by atoms with Crippen LogP contribution >= 0.6 is 23.2 Å². The molecule has 0 unspecified atom stereocenters. The lowest BCUT2D eigenvalue weighted by Crippen LogP contribution is -2.22. The lowest BCUT2D eigenvalue weighted by Gasteiger charge is -2.10. The first-order valence-corrected chi connectivity index (χ1v) is 8.41.